The zero-order valence-corrected chi connectivity index (χ0v) is 13.7. The fraction of sp³-hybridized carbons (Fsp3) is 0.438. The summed E-state index contributed by atoms with van der Waals surface area (Å²) in [4.78, 5) is 36.7. The van der Waals surface area contributed by atoms with Gasteiger partial charge < -0.3 is 25.0 Å². The number of methoxy groups -OCH3 is 1. The average molecular weight is 335 g/mol. The summed E-state index contributed by atoms with van der Waals surface area (Å²) in [5.41, 5.74) is 0.747. The van der Waals surface area contributed by atoms with E-state index in [1.807, 2.05) is 0 Å². The maximum absolute atomic E-state index is 12.1. The predicted octanol–water partition coefficient (Wildman–Crippen LogP) is 0.663. The summed E-state index contributed by atoms with van der Waals surface area (Å²) in [6.45, 7) is 2.12. The lowest BCUT2D eigenvalue weighted by molar-refractivity contribution is -0.141. The Kier molecular flexibility index (Phi) is 6.00. The van der Waals surface area contributed by atoms with Crippen LogP contribution in [-0.4, -0.2) is 50.8 Å². The first-order valence-corrected chi connectivity index (χ1v) is 7.68. The molecule has 1 fully saturated rings. The van der Waals surface area contributed by atoms with Gasteiger partial charge in [-0.3, -0.25) is 9.59 Å². The lowest BCUT2D eigenvalue weighted by atomic mass is 10.2. The minimum Gasteiger partial charge on any atom is -0.497 e. The van der Waals surface area contributed by atoms with Gasteiger partial charge in [0.15, 0.2) is 0 Å². The molecule has 0 radical (unpaired) electrons. The number of urea groups is 1. The van der Waals surface area contributed by atoms with E-state index < -0.39 is 12.0 Å². The smallest absolute Gasteiger partial charge is 0.325 e. The van der Waals surface area contributed by atoms with Crippen LogP contribution >= 0.6 is 0 Å². The fourth-order valence-corrected chi connectivity index (χ4v) is 2.42. The Balaban J connectivity index is 1.85. The van der Waals surface area contributed by atoms with Gasteiger partial charge in [-0.15, -0.1) is 0 Å². The summed E-state index contributed by atoms with van der Waals surface area (Å²) in [5.74, 6) is 0.129. The average Bonchev–Trinajstić information content (AvgIpc) is 2.93. The highest BCUT2D eigenvalue weighted by Crippen LogP contribution is 2.24. The van der Waals surface area contributed by atoms with Gasteiger partial charge in [-0.25, -0.2) is 4.79 Å². The number of amides is 3. The third-order valence-electron chi connectivity index (χ3n) is 3.54. The number of hydrogen-bond donors (Lipinski definition) is 2. The molecule has 0 aliphatic carbocycles. The van der Waals surface area contributed by atoms with E-state index in [0.717, 1.165) is 5.69 Å². The molecule has 2 N–H and O–H groups in total. The van der Waals surface area contributed by atoms with Crippen LogP contribution in [0.3, 0.4) is 0 Å². The molecule has 8 heteroatoms. The number of hydrogen-bond acceptors (Lipinski definition) is 5. The van der Waals surface area contributed by atoms with Crippen molar-refractivity contribution in [3.05, 3.63) is 24.3 Å². The Morgan fingerprint density at radius 1 is 1.29 bits per heavy atom. The number of nitrogens with one attached hydrogen (secondary N) is 2. The Morgan fingerprint density at radius 2 is 2.00 bits per heavy atom. The molecule has 2 rings (SSSR count). The van der Waals surface area contributed by atoms with Crippen LogP contribution in [0.1, 0.15) is 13.3 Å². The van der Waals surface area contributed by atoms with Gasteiger partial charge >= 0.3 is 12.0 Å². The molecule has 0 aromatic heterocycles. The third kappa shape index (κ3) is 4.61. The predicted molar refractivity (Wildman–Crippen MR) is 86.9 cm³/mol. The molecule has 1 aliphatic rings. The molecule has 24 heavy (non-hydrogen) atoms. The fourth-order valence-electron chi connectivity index (χ4n) is 2.42. The van der Waals surface area contributed by atoms with E-state index in [2.05, 4.69) is 10.6 Å². The van der Waals surface area contributed by atoms with E-state index in [9.17, 15) is 14.4 Å². The minimum absolute atomic E-state index is 0.0733. The monoisotopic (exact) mass is 335 g/mol. The van der Waals surface area contributed by atoms with Gasteiger partial charge in [0.2, 0.25) is 5.91 Å². The molecule has 1 aromatic carbocycles. The largest absolute Gasteiger partial charge is 0.497 e. The van der Waals surface area contributed by atoms with E-state index in [1.54, 1.807) is 43.2 Å². The van der Waals surface area contributed by atoms with Gasteiger partial charge in [-0.2, -0.15) is 0 Å². The van der Waals surface area contributed by atoms with Crippen LogP contribution in [0.25, 0.3) is 0 Å². The van der Waals surface area contributed by atoms with Crippen LogP contribution < -0.4 is 20.3 Å². The minimum atomic E-state index is -0.505. The SMILES string of the molecule is CCOC(=O)CNC(=O)N[C@H]1CC(=O)N(c2ccc(OC)cc2)C1. The van der Waals surface area contributed by atoms with E-state index in [4.69, 9.17) is 9.47 Å². The number of nitrogens with zero attached hydrogens (tertiary/aromatic N) is 1. The van der Waals surface area contributed by atoms with Crippen molar-refractivity contribution in [3.8, 4) is 5.75 Å². The molecule has 1 heterocycles. The number of benzene rings is 1. The van der Waals surface area contributed by atoms with Crippen LogP contribution in [0, 0.1) is 0 Å². The second-order valence-electron chi connectivity index (χ2n) is 5.24. The van der Waals surface area contributed by atoms with Crippen molar-refractivity contribution in [1.29, 1.82) is 0 Å². The van der Waals surface area contributed by atoms with Gasteiger partial charge in [0.1, 0.15) is 12.3 Å². The van der Waals surface area contributed by atoms with Crippen molar-refractivity contribution in [2.75, 3.05) is 31.7 Å². The van der Waals surface area contributed by atoms with E-state index >= 15 is 0 Å². The summed E-state index contributed by atoms with van der Waals surface area (Å²) in [6.07, 6.45) is 0.207. The van der Waals surface area contributed by atoms with Gasteiger partial charge in [-0.1, -0.05) is 0 Å². The lowest BCUT2D eigenvalue weighted by Gasteiger charge is -2.17. The Morgan fingerprint density at radius 3 is 2.62 bits per heavy atom. The number of ether oxygens (including phenoxy) is 2. The number of anilines is 1. The highest BCUT2D eigenvalue weighted by molar-refractivity contribution is 5.96. The summed E-state index contributed by atoms with van der Waals surface area (Å²) in [7, 11) is 1.57. The molecular formula is C16H21N3O5. The van der Waals surface area contributed by atoms with E-state index in [0.29, 0.717) is 12.3 Å². The summed E-state index contributed by atoms with van der Waals surface area (Å²) in [5, 5.41) is 5.09. The van der Waals surface area contributed by atoms with Crippen molar-refractivity contribution in [3.63, 3.8) is 0 Å². The Labute approximate surface area is 140 Å². The second kappa shape index (κ2) is 8.19. The zero-order valence-electron chi connectivity index (χ0n) is 13.7. The standard InChI is InChI=1S/C16H21N3O5/c1-3-24-15(21)9-17-16(22)18-11-8-14(20)19(10-11)12-4-6-13(23-2)7-5-12/h4-7,11H,3,8-10H2,1-2H3,(H2,17,18,22)/t11-/m0/s1. The number of carbonyl (C=O) groups excluding carboxylic acids is 3. The maximum atomic E-state index is 12.1. The first-order valence-electron chi connectivity index (χ1n) is 7.68. The normalized spacial score (nSPS) is 16.7. The Hall–Kier alpha value is -2.77. The van der Waals surface area contributed by atoms with E-state index in [-0.39, 0.29) is 31.5 Å². The first-order chi connectivity index (χ1) is 11.5. The van der Waals surface area contributed by atoms with Crippen molar-refractivity contribution in [2.45, 2.75) is 19.4 Å². The molecule has 1 saturated heterocycles. The molecule has 1 aliphatic heterocycles. The first kappa shape index (κ1) is 17.6. The van der Waals surface area contributed by atoms with Crippen LogP contribution in [-0.2, 0) is 14.3 Å². The zero-order chi connectivity index (χ0) is 17.5. The quantitative estimate of drug-likeness (QED) is 0.745. The summed E-state index contributed by atoms with van der Waals surface area (Å²) >= 11 is 0. The van der Waals surface area contributed by atoms with Crippen LogP contribution in [0.2, 0.25) is 0 Å². The maximum Gasteiger partial charge on any atom is 0.325 e. The van der Waals surface area contributed by atoms with Gasteiger partial charge in [-0.05, 0) is 31.2 Å². The molecule has 8 nitrogen and oxygen atoms in total. The summed E-state index contributed by atoms with van der Waals surface area (Å²) in [6, 6.07) is 6.31. The van der Waals surface area contributed by atoms with Gasteiger partial charge in [0.05, 0.1) is 19.8 Å². The molecule has 130 valence electrons. The van der Waals surface area contributed by atoms with Crippen LogP contribution in [0.4, 0.5) is 10.5 Å². The van der Waals surface area contributed by atoms with Crippen molar-refractivity contribution >= 4 is 23.6 Å². The molecule has 1 atom stereocenters. The van der Waals surface area contributed by atoms with Crippen LogP contribution in [0.15, 0.2) is 24.3 Å². The van der Waals surface area contributed by atoms with E-state index in [1.165, 1.54) is 0 Å². The van der Waals surface area contributed by atoms with Crippen molar-refractivity contribution < 1.29 is 23.9 Å². The molecule has 0 saturated carbocycles. The highest BCUT2D eigenvalue weighted by Gasteiger charge is 2.31. The molecule has 0 unspecified atom stereocenters. The second-order valence-corrected chi connectivity index (χ2v) is 5.24. The molecule has 0 spiro atoms. The van der Waals surface area contributed by atoms with Crippen molar-refractivity contribution in [2.24, 2.45) is 0 Å². The lowest BCUT2D eigenvalue weighted by Crippen LogP contribution is -2.45. The van der Waals surface area contributed by atoms with Crippen molar-refractivity contribution in [1.82, 2.24) is 10.6 Å². The molecule has 3 amide bonds. The number of carbonyl (C=O) groups is 3. The topological polar surface area (TPSA) is 97.0 Å². The number of rotatable bonds is 6. The summed E-state index contributed by atoms with van der Waals surface area (Å²) < 4.78 is 9.81. The molecule has 1 aromatic rings. The van der Waals surface area contributed by atoms with Gasteiger partial charge in [0, 0.05) is 18.7 Å². The molecular weight excluding hydrogens is 314 g/mol. The molecule has 0 bridgehead atoms. The van der Waals surface area contributed by atoms with Gasteiger partial charge in [0.25, 0.3) is 0 Å². The highest BCUT2D eigenvalue weighted by atomic mass is 16.5. The third-order valence-corrected chi connectivity index (χ3v) is 3.54. The number of esters is 1. The Bertz CT molecular complexity index is 602. The van der Waals surface area contributed by atoms with Crippen LogP contribution in [0.5, 0.6) is 5.75 Å².